The van der Waals surface area contributed by atoms with Gasteiger partial charge in [-0.05, 0) is 25.0 Å². The molecular weight excluding hydrogens is 262 g/mol. The predicted molar refractivity (Wildman–Crippen MR) is 83.4 cm³/mol. The summed E-state index contributed by atoms with van der Waals surface area (Å²) >= 11 is 0. The molecule has 112 valence electrons. The first-order chi connectivity index (χ1) is 10.3. The maximum Gasteiger partial charge on any atom is 0.123 e. The third kappa shape index (κ3) is 3.10. The summed E-state index contributed by atoms with van der Waals surface area (Å²) in [7, 11) is 1.68. The molecule has 1 saturated carbocycles. The summed E-state index contributed by atoms with van der Waals surface area (Å²) in [5.41, 5.74) is 8.43. The van der Waals surface area contributed by atoms with Crippen LogP contribution in [-0.2, 0) is 6.42 Å². The van der Waals surface area contributed by atoms with E-state index in [4.69, 9.17) is 15.6 Å². The number of hydrogen-bond donors (Lipinski definition) is 1. The molecule has 0 aliphatic heterocycles. The van der Waals surface area contributed by atoms with Crippen molar-refractivity contribution in [2.45, 2.75) is 44.2 Å². The smallest absolute Gasteiger partial charge is 0.123 e. The number of aromatic nitrogens is 2. The fraction of sp³-hybridized carbons (Fsp3) is 0.471. The Morgan fingerprint density at radius 3 is 2.81 bits per heavy atom. The first-order valence-electron chi connectivity index (χ1n) is 7.70. The van der Waals surface area contributed by atoms with Crippen LogP contribution in [0.25, 0.3) is 0 Å². The molecule has 1 aromatic heterocycles. The Kier molecular flexibility index (Phi) is 4.25. The van der Waals surface area contributed by atoms with Crippen molar-refractivity contribution in [2.24, 2.45) is 5.73 Å². The third-order valence-electron chi connectivity index (χ3n) is 4.33. The molecule has 1 aliphatic carbocycles. The van der Waals surface area contributed by atoms with Crippen LogP contribution in [0.5, 0.6) is 5.75 Å². The molecule has 4 nitrogen and oxygen atoms in total. The number of hydrogen-bond acceptors (Lipinski definition) is 3. The van der Waals surface area contributed by atoms with Gasteiger partial charge in [-0.1, -0.05) is 31.0 Å². The van der Waals surface area contributed by atoms with E-state index in [1.165, 1.54) is 25.7 Å². The minimum absolute atomic E-state index is 0.0897. The highest BCUT2D eigenvalue weighted by atomic mass is 16.5. The zero-order valence-corrected chi connectivity index (χ0v) is 12.5. The summed E-state index contributed by atoms with van der Waals surface area (Å²) in [5, 5.41) is 4.71. The van der Waals surface area contributed by atoms with Crippen LogP contribution in [0.1, 0.15) is 49.0 Å². The molecule has 21 heavy (non-hydrogen) atoms. The van der Waals surface area contributed by atoms with E-state index in [0.717, 1.165) is 23.4 Å². The van der Waals surface area contributed by atoms with Crippen LogP contribution in [-0.4, -0.2) is 16.9 Å². The molecule has 4 heteroatoms. The zero-order valence-electron chi connectivity index (χ0n) is 12.5. The molecule has 0 radical (unpaired) electrons. The number of nitrogens with two attached hydrogens (primary N) is 1. The highest BCUT2D eigenvalue weighted by Crippen LogP contribution is 2.29. The topological polar surface area (TPSA) is 53.1 Å². The molecule has 1 unspecified atom stereocenters. The van der Waals surface area contributed by atoms with Crippen LogP contribution in [0.4, 0.5) is 0 Å². The Morgan fingerprint density at radius 1 is 1.29 bits per heavy atom. The second-order valence-corrected chi connectivity index (χ2v) is 5.78. The van der Waals surface area contributed by atoms with Crippen molar-refractivity contribution < 1.29 is 4.74 Å². The minimum Gasteiger partial charge on any atom is -0.496 e. The number of nitrogens with zero attached hydrogens (tertiary/aromatic N) is 2. The van der Waals surface area contributed by atoms with Crippen molar-refractivity contribution in [3.8, 4) is 5.75 Å². The summed E-state index contributed by atoms with van der Waals surface area (Å²) < 4.78 is 7.51. The maximum absolute atomic E-state index is 6.34. The van der Waals surface area contributed by atoms with Crippen molar-refractivity contribution in [1.82, 2.24) is 9.78 Å². The molecule has 1 atom stereocenters. The van der Waals surface area contributed by atoms with Gasteiger partial charge in [-0.3, -0.25) is 4.68 Å². The summed E-state index contributed by atoms with van der Waals surface area (Å²) in [6.07, 6.45) is 7.97. The quantitative estimate of drug-likeness (QED) is 0.917. The van der Waals surface area contributed by atoms with Gasteiger partial charge in [0.1, 0.15) is 5.75 Å². The van der Waals surface area contributed by atoms with E-state index in [-0.39, 0.29) is 6.04 Å². The van der Waals surface area contributed by atoms with Crippen LogP contribution in [0, 0.1) is 0 Å². The average Bonchev–Trinajstić information content (AvgIpc) is 3.17. The molecule has 0 amide bonds. The largest absolute Gasteiger partial charge is 0.496 e. The number of rotatable bonds is 5. The van der Waals surface area contributed by atoms with E-state index in [9.17, 15) is 0 Å². The molecule has 2 N–H and O–H groups in total. The van der Waals surface area contributed by atoms with Crippen molar-refractivity contribution in [3.63, 3.8) is 0 Å². The van der Waals surface area contributed by atoms with Gasteiger partial charge >= 0.3 is 0 Å². The molecule has 1 aliphatic rings. The van der Waals surface area contributed by atoms with E-state index in [1.54, 1.807) is 7.11 Å². The number of ether oxygens (including phenoxy) is 1. The average molecular weight is 285 g/mol. The van der Waals surface area contributed by atoms with Crippen LogP contribution in [0.3, 0.4) is 0 Å². The molecular formula is C17H23N3O. The highest BCUT2D eigenvalue weighted by molar-refractivity contribution is 5.36. The molecule has 3 rings (SSSR count). The first-order valence-corrected chi connectivity index (χ1v) is 7.70. The second kappa shape index (κ2) is 6.31. The normalized spacial score (nSPS) is 17.0. The van der Waals surface area contributed by atoms with Gasteiger partial charge in [0.25, 0.3) is 0 Å². The number of para-hydroxylation sites is 1. The molecule has 2 aromatic rings. The van der Waals surface area contributed by atoms with E-state index < -0.39 is 0 Å². The number of benzene rings is 1. The summed E-state index contributed by atoms with van der Waals surface area (Å²) in [5.74, 6) is 0.847. The van der Waals surface area contributed by atoms with Gasteiger partial charge in [0.15, 0.2) is 0 Å². The van der Waals surface area contributed by atoms with Crippen molar-refractivity contribution in [3.05, 3.63) is 47.8 Å². The van der Waals surface area contributed by atoms with Crippen LogP contribution >= 0.6 is 0 Å². The van der Waals surface area contributed by atoms with Gasteiger partial charge in [-0.2, -0.15) is 5.10 Å². The highest BCUT2D eigenvalue weighted by Gasteiger charge is 2.19. The monoisotopic (exact) mass is 285 g/mol. The standard InChI is InChI=1S/C17H23N3O/c1-21-17-9-5-4-8-15(17)16(18)12-13-10-11-20(19-13)14-6-2-3-7-14/h4-5,8-11,14,16H,2-3,6-7,12,18H2,1H3. The van der Waals surface area contributed by atoms with Gasteiger partial charge < -0.3 is 10.5 Å². The Hall–Kier alpha value is -1.81. The van der Waals surface area contributed by atoms with E-state index >= 15 is 0 Å². The van der Waals surface area contributed by atoms with Gasteiger partial charge in [-0.25, -0.2) is 0 Å². The van der Waals surface area contributed by atoms with Gasteiger partial charge in [-0.15, -0.1) is 0 Å². The Bertz CT molecular complexity index is 587. The third-order valence-corrected chi connectivity index (χ3v) is 4.33. The predicted octanol–water partition coefficient (Wildman–Crippen LogP) is 3.25. The van der Waals surface area contributed by atoms with Gasteiger partial charge in [0.2, 0.25) is 0 Å². The van der Waals surface area contributed by atoms with Crippen molar-refractivity contribution in [1.29, 1.82) is 0 Å². The summed E-state index contributed by atoms with van der Waals surface area (Å²) in [6.45, 7) is 0. The van der Waals surface area contributed by atoms with Gasteiger partial charge in [0.05, 0.1) is 18.8 Å². The Balaban J connectivity index is 1.71. The lowest BCUT2D eigenvalue weighted by Crippen LogP contribution is -2.15. The molecule has 1 heterocycles. The Morgan fingerprint density at radius 2 is 2.05 bits per heavy atom. The van der Waals surface area contributed by atoms with E-state index in [2.05, 4.69) is 16.9 Å². The lowest BCUT2D eigenvalue weighted by Gasteiger charge is -2.14. The SMILES string of the molecule is COc1ccccc1C(N)Cc1ccn(C2CCCC2)n1. The zero-order chi connectivity index (χ0) is 14.7. The molecule has 0 saturated heterocycles. The number of methoxy groups -OCH3 is 1. The minimum atomic E-state index is -0.0897. The fourth-order valence-electron chi connectivity index (χ4n) is 3.17. The first kappa shape index (κ1) is 14.1. The summed E-state index contributed by atoms with van der Waals surface area (Å²) in [4.78, 5) is 0. The molecule has 1 fully saturated rings. The lowest BCUT2D eigenvalue weighted by molar-refractivity contribution is 0.405. The van der Waals surface area contributed by atoms with Crippen LogP contribution < -0.4 is 10.5 Å². The Labute approximate surface area is 125 Å². The van der Waals surface area contributed by atoms with E-state index in [1.807, 2.05) is 24.3 Å². The molecule has 0 spiro atoms. The summed E-state index contributed by atoms with van der Waals surface area (Å²) in [6, 6.07) is 10.5. The second-order valence-electron chi connectivity index (χ2n) is 5.78. The van der Waals surface area contributed by atoms with Crippen LogP contribution in [0.15, 0.2) is 36.5 Å². The van der Waals surface area contributed by atoms with Crippen molar-refractivity contribution >= 4 is 0 Å². The fourth-order valence-corrected chi connectivity index (χ4v) is 3.17. The lowest BCUT2D eigenvalue weighted by atomic mass is 10.0. The van der Waals surface area contributed by atoms with Crippen LogP contribution in [0.2, 0.25) is 0 Å². The van der Waals surface area contributed by atoms with Gasteiger partial charge in [0, 0.05) is 24.2 Å². The van der Waals surface area contributed by atoms with Crippen molar-refractivity contribution in [2.75, 3.05) is 7.11 Å². The molecule has 1 aromatic carbocycles. The molecule has 0 bridgehead atoms. The maximum atomic E-state index is 6.34. The van der Waals surface area contributed by atoms with E-state index in [0.29, 0.717) is 6.04 Å².